The molecule has 0 unspecified atom stereocenters. The van der Waals surface area contributed by atoms with Crippen LogP contribution in [0.3, 0.4) is 0 Å². The van der Waals surface area contributed by atoms with E-state index in [2.05, 4.69) is 20.5 Å². The first-order valence-corrected chi connectivity index (χ1v) is 9.66. The Morgan fingerprint density at radius 3 is 2.36 bits per heavy atom. The van der Waals surface area contributed by atoms with Crippen LogP contribution in [0.5, 0.6) is 0 Å². The summed E-state index contributed by atoms with van der Waals surface area (Å²) < 4.78 is 0. The maximum Gasteiger partial charge on any atom is 0.318 e. The second-order valence-corrected chi connectivity index (χ2v) is 7.28. The molecule has 2 N–H and O–H groups in total. The molecule has 1 aliphatic rings. The molecule has 0 aliphatic carbocycles. The van der Waals surface area contributed by atoms with Crippen LogP contribution >= 0.6 is 23.2 Å². The quantitative estimate of drug-likeness (QED) is 0.793. The predicted octanol–water partition coefficient (Wildman–Crippen LogP) is 3.25. The number of hydrogen-bond acceptors (Lipinski definition) is 4. The maximum absolute atomic E-state index is 12.5. The van der Waals surface area contributed by atoms with Gasteiger partial charge in [0.25, 0.3) is 0 Å². The lowest BCUT2D eigenvalue weighted by Gasteiger charge is -2.36. The summed E-state index contributed by atoms with van der Waals surface area (Å²) in [6, 6.07) is 7.96. The number of hydrogen-bond donors (Lipinski definition) is 2. The lowest BCUT2D eigenvalue weighted by molar-refractivity contribution is -0.117. The molecule has 28 heavy (non-hydrogen) atoms. The number of amides is 3. The summed E-state index contributed by atoms with van der Waals surface area (Å²) in [6.45, 7) is 4.09. The number of piperazine rings is 1. The predicted molar refractivity (Wildman–Crippen MR) is 111 cm³/mol. The number of urea groups is 1. The molecule has 0 radical (unpaired) electrons. The molecule has 0 bridgehead atoms. The Balaban J connectivity index is 1.49. The van der Waals surface area contributed by atoms with Crippen LogP contribution < -0.4 is 15.5 Å². The zero-order chi connectivity index (χ0) is 20.1. The highest BCUT2D eigenvalue weighted by Crippen LogP contribution is 2.27. The topological polar surface area (TPSA) is 77.6 Å². The third-order valence-corrected chi connectivity index (χ3v) is 5.26. The zero-order valence-corrected chi connectivity index (χ0v) is 16.9. The molecule has 2 heterocycles. The van der Waals surface area contributed by atoms with Crippen molar-refractivity contribution in [3.05, 3.63) is 52.8 Å². The molecular formula is C19H21Cl2N5O2. The summed E-state index contributed by atoms with van der Waals surface area (Å²) in [5, 5.41) is 6.51. The van der Waals surface area contributed by atoms with Crippen LogP contribution in [-0.2, 0) is 4.79 Å². The highest BCUT2D eigenvalue weighted by atomic mass is 35.5. The van der Waals surface area contributed by atoms with Crippen LogP contribution in [0.4, 0.5) is 16.2 Å². The van der Waals surface area contributed by atoms with Gasteiger partial charge in [-0.05, 0) is 37.3 Å². The number of nitrogens with one attached hydrogen (secondary N) is 2. The van der Waals surface area contributed by atoms with Crippen molar-refractivity contribution in [3.63, 3.8) is 0 Å². The van der Waals surface area contributed by atoms with E-state index >= 15 is 0 Å². The molecule has 1 atom stereocenters. The number of anilines is 2. The van der Waals surface area contributed by atoms with E-state index in [1.54, 1.807) is 42.4 Å². The summed E-state index contributed by atoms with van der Waals surface area (Å²) >= 11 is 12.0. The SMILES string of the molecule is C[C@H](NC(=O)N1CCN(c2ccc(Cl)c(Cl)c2)CC1)C(=O)Nc1ccncc1. The summed E-state index contributed by atoms with van der Waals surface area (Å²) in [7, 11) is 0. The third kappa shape index (κ3) is 5.05. The van der Waals surface area contributed by atoms with E-state index in [1.807, 2.05) is 12.1 Å². The van der Waals surface area contributed by atoms with Gasteiger partial charge in [-0.25, -0.2) is 4.79 Å². The van der Waals surface area contributed by atoms with E-state index < -0.39 is 6.04 Å². The molecule has 1 aromatic carbocycles. The van der Waals surface area contributed by atoms with Crippen LogP contribution in [0, 0.1) is 0 Å². The van der Waals surface area contributed by atoms with Crippen LogP contribution in [0.15, 0.2) is 42.7 Å². The summed E-state index contributed by atoms with van der Waals surface area (Å²) in [5.74, 6) is -0.283. The minimum absolute atomic E-state index is 0.258. The minimum Gasteiger partial charge on any atom is -0.368 e. The van der Waals surface area contributed by atoms with Gasteiger partial charge in [0.2, 0.25) is 5.91 Å². The average molecular weight is 422 g/mol. The molecule has 1 saturated heterocycles. The highest BCUT2D eigenvalue weighted by molar-refractivity contribution is 6.42. The van der Waals surface area contributed by atoms with Crippen molar-refractivity contribution in [2.75, 3.05) is 36.4 Å². The number of pyridine rings is 1. The number of halogens is 2. The lowest BCUT2D eigenvalue weighted by atomic mass is 10.2. The molecule has 9 heteroatoms. The van der Waals surface area contributed by atoms with Gasteiger partial charge in [0, 0.05) is 49.9 Å². The Morgan fingerprint density at radius 1 is 1.04 bits per heavy atom. The van der Waals surface area contributed by atoms with Crippen LogP contribution in [-0.4, -0.2) is 54.0 Å². The Hall–Kier alpha value is -2.51. The van der Waals surface area contributed by atoms with Crippen LogP contribution in [0.1, 0.15) is 6.92 Å². The first kappa shape index (κ1) is 20.2. The fourth-order valence-electron chi connectivity index (χ4n) is 2.88. The first-order chi connectivity index (χ1) is 13.4. The van der Waals surface area contributed by atoms with Crippen molar-refractivity contribution in [2.24, 2.45) is 0 Å². The minimum atomic E-state index is -0.659. The van der Waals surface area contributed by atoms with Crippen molar-refractivity contribution in [1.29, 1.82) is 0 Å². The van der Waals surface area contributed by atoms with Gasteiger partial charge in [-0.3, -0.25) is 9.78 Å². The number of carbonyl (C=O) groups is 2. The highest BCUT2D eigenvalue weighted by Gasteiger charge is 2.24. The van der Waals surface area contributed by atoms with Gasteiger partial charge < -0.3 is 20.4 Å². The number of aromatic nitrogens is 1. The summed E-state index contributed by atoms with van der Waals surface area (Å²) in [4.78, 5) is 32.4. The molecule has 0 saturated carbocycles. The van der Waals surface area contributed by atoms with Crippen LogP contribution in [0.25, 0.3) is 0 Å². The molecule has 7 nitrogen and oxygen atoms in total. The fraction of sp³-hybridized carbons (Fsp3) is 0.316. The van der Waals surface area contributed by atoms with Crippen molar-refractivity contribution in [1.82, 2.24) is 15.2 Å². The Bertz CT molecular complexity index is 841. The van der Waals surface area contributed by atoms with Gasteiger partial charge >= 0.3 is 6.03 Å². The third-order valence-electron chi connectivity index (χ3n) is 4.52. The lowest BCUT2D eigenvalue weighted by Crippen LogP contribution is -2.54. The smallest absolute Gasteiger partial charge is 0.318 e. The Morgan fingerprint density at radius 2 is 1.71 bits per heavy atom. The number of benzene rings is 1. The van der Waals surface area contributed by atoms with E-state index in [1.165, 1.54) is 0 Å². The van der Waals surface area contributed by atoms with Gasteiger partial charge in [0.1, 0.15) is 6.04 Å². The Labute approximate surface area is 173 Å². The van der Waals surface area contributed by atoms with Gasteiger partial charge in [-0.2, -0.15) is 0 Å². The fourth-order valence-corrected chi connectivity index (χ4v) is 3.17. The second-order valence-electron chi connectivity index (χ2n) is 6.47. The molecular weight excluding hydrogens is 401 g/mol. The van der Waals surface area contributed by atoms with E-state index in [0.717, 1.165) is 5.69 Å². The summed E-state index contributed by atoms with van der Waals surface area (Å²) in [6.07, 6.45) is 3.18. The van der Waals surface area contributed by atoms with Crippen molar-refractivity contribution in [2.45, 2.75) is 13.0 Å². The van der Waals surface area contributed by atoms with Crippen molar-refractivity contribution in [3.8, 4) is 0 Å². The van der Waals surface area contributed by atoms with Gasteiger partial charge in [-0.15, -0.1) is 0 Å². The normalized spacial score (nSPS) is 15.1. The Kier molecular flexibility index (Phi) is 6.59. The molecule has 1 aromatic heterocycles. The molecule has 148 valence electrons. The molecule has 0 spiro atoms. The first-order valence-electron chi connectivity index (χ1n) is 8.90. The molecule has 3 amide bonds. The average Bonchev–Trinajstić information content (AvgIpc) is 2.71. The molecule has 2 aromatic rings. The maximum atomic E-state index is 12.5. The van der Waals surface area contributed by atoms with Crippen LogP contribution in [0.2, 0.25) is 10.0 Å². The van der Waals surface area contributed by atoms with E-state index in [0.29, 0.717) is 41.9 Å². The van der Waals surface area contributed by atoms with Crippen molar-refractivity contribution < 1.29 is 9.59 Å². The molecule has 3 rings (SSSR count). The van der Waals surface area contributed by atoms with Gasteiger partial charge in [0.15, 0.2) is 0 Å². The molecule has 1 aliphatic heterocycles. The summed E-state index contributed by atoms with van der Waals surface area (Å²) in [5.41, 5.74) is 1.61. The zero-order valence-electron chi connectivity index (χ0n) is 15.4. The van der Waals surface area contributed by atoms with E-state index in [-0.39, 0.29) is 11.9 Å². The second kappa shape index (κ2) is 9.12. The van der Waals surface area contributed by atoms with E-state index in [4.69, 9.17) is 23.2 Å². The van der Waals surface area contributed by atoms with Crippen molar-refractivity contribution >= 4 is 46.5 Å². The monoisotopic (exact) mass is 421 g/mol. The number of rotatable bonds is 4. The number of nitrogens with zero attached hydrogens (tertiary/aromatic N) is 3. The largest absolute Gasteiger partial charge is 0.368 e. The molecule has 1 fully saturated rings. The van der Waals surface area contributed by atoms with Gasteiger partial charge in [0.05, 0.1) is 10.0 Å². The van der Waals surface area contributed by atoms with E-state index in [9.17, 15) is 9.59 Å². The van der Waals surface area contributed by atoms with Gasteiger partial charge in [-0.1, -0.05) is 23.2 Å². The number of carbonyl (C=O) groups excluding carboxylic acids is 2. The standard InChI is InChI=1S/C19H21Cl2N5O2/c1-13(18(27)24-14-4-6-22-7-5-14)23-19(28)26-10-8-25(9-11-26)15-2-3-16(20)17(21)12-15/h2-7,12-13H,8-11H2,1H3,(H,23,28)(H,22,24,27)/t13-/m0/s1.